The molecule has 1 aromatic rings. The summed E-state index contributed by atoms with van der Waals surface area (Å²) in [6, 6.07) is 5.50. The summed E-state index contributed by atoms with van der Waals surface area (Å²) >= 11 is 5.89. The Kier molecular flexibility index (Phi) is 3.80. The number of ether oxygens (including phenoxy) is 1. The highest BCUT2D eigenvalue weighted by Gasteiger charge is 2.43. The predicted molar refractivity (Wildman–Crippen MR) is 83.0 cm³/mol. The van der Waals surface area contributed by atoms with Crippen LogP contribution in [-0.2, 0) is 4.74 Å². The molecule has 1 aliphatic carbocycles. The number of hydrogen-bond acceptors (Lipinski definition) is 4. The highest BCUT2D eigenvalue weighted by atomic mass is 35.5. The van der Waals surface area contributed by atoms with Crippen molar-refractivity contribution >= 4 is 17.5 Å². The number of carbonyl (C=O) groups excluding carboxylic acids is 1. The van der Waals surface area contributed by atoms with E-state index in [1.165, 1.54) is 12.8 Å². The van der Waals surface area contributed by atoms with Crippen molar-refractivity contribution in [1.82, 2.24) is 14.8 Å². The lowest BCUT2D eigenvalue weighted by Gasteiger charge is -2.36. The third-order valence-corrected chi connectivity index (χ3v) is 5.04. The Bertz CT molecular complexity index is 578. The maximum atomic E-state index is 12.6. The smallest absolute Gasteiger partial charge is 0.272 e. The van der Waals surface area contributed by atoms with Gasteiger partial charge in [-0.2, -0.15) is 0 Å². The topological polar surface area (TPSA) is 45.7 Å². The van der Waals surface area contributed by atoms with Gasteiger partial charge in [-0.15, -0.1) is 0 Å². The second-order valence-electron chi connectivity index (χ2n) is 6.47. The van der Waals surface area contributed by atoms with Gasteiger partial charge in [0.1, 0.15) is 10.8 Å². The Labute approximate surface area is 135 Å². The van der Waals surface area contributed by atoms with E-state index in [-0.39, 0.29) is 12.0 Å². The lowest BCUT2D eigenvalue weighted by Crippen LogP contribution is -2.51. The summed E-state index contributed by atoms with van der Waals surface area (Å²) < 4.78 is 5.89. The molecule has 0 spiro atoms. The zero-order valence-corrected chi connectivity index (χ0v) is 13.2. The molecular weight excluding hydrogens is 302 g/mol. The molecule has 2 atom stereocenters. The van der Waals surface area contributed by atoms with Crippen molar-refractivity contribution in [2.24, 2.45) is 5.92 Å². The van der Waals surface area contributed by atoms with E-state index in [1.807, 2.05) is 4.90 Å². The number of nitrogens with zero attached hydrogens (tertiary/aromatic N) is 3. The first-order valence-corrected chi connectivity index (χ1v) is 8.36. The predicted octanol–water partition coefficient (Wildman–Crippen LogP) is 1.67. The molecule has 2 saturated heterocycles. The number of rotatable bonds is 3. The summed E-state index contributed by atoms with van der Waals surface area (Å²) in [7, 11) is 0. The Morgan fingerprint density at radius 2 is 2.23 bits per heavy atom. The summed E-state index contributed by atoms with van der Waals surface area (Å²) in [4.78, 5) is 21.1. The maximum Gasteiger partial charge on any atom is 0.272 e. The van der Waals surface area contributed by atoms with Crippen LogP contribution in [0.25, 0.3) is 0 Å². The first-order valence-electron chi connectivity index (χ1n) is 7.98. The van der Waals surface area contributed by atoms with Crippen LogP contribution < -0.4 is 0 Å². The third kappa shape index (κ3) is 2.85. The molecule has 1 amide bonds. The lowest BCUT2D eigenvalue weighted by atomic mass is 10.1. The van der Waals surface area contributed by atoms with Crippen LogP contribution in [0.5, 0.6) is 0 Å². The molecule has 0 bridgehead atoms. The van der Waals surface area contributed by atoms with Gasteiger partial charge in [-0.05, 0) is 30.9 Å². The minimum absolute atomic E-state index is 0.0492. The van der Waals surface area contributed by atoms with E-state index in [4.69, 9.17) is 16.3 Å². The van der Waals surface area contributed by atoms with E-state index in [9.17, 15) is 4.79 Å². The van der Waals surface area contributed by atoms with Crippen LogP contribution >= 0.6 is 11.6 Å². The number of amides is 1. The van der Waals surface area contributed by atoms with E-state index < -0.39 is 0 Å². The number of aromatic nitrogens is 1. The molecule has 2 aliphatic heterocycles. The summed E-state index contributed by atoms with van der Waals surface area (Å²) in [5.74, 6) is 0.810. The third-order valence-electron chi connectivity index (χ3n) is 4.83. The SMILES string of the molecule is O=C(c1cccc(Cl)n1)N1C[C@@H]2OCCN(CC3CC3)[C@@H]2C1. The number of pyridine rings is 1. The molecule has 4 rings (SSSR count). The summed E-state index contributed by atoms with van der Waals surface area (Å²) in [6.07, 6.45) is 2.84. The van der Waals surface area contributed by atoms with Crippen molar-refractivity contribution in [2.75, 3.05) is 32.8 Å². The average molecular weight is 322 g/mol. The van der Waals surface area contributed by atoms with Crippen molar-refractivity contribution in [3.8, 4) is 0 Å². The molecule has 6 heteroatoms. The fraction of sp³-hybridized carbons (Fsp3) is 0.625. The van der Waals surface area contributed by atoms with Gasteiger partial charge in [-0.1, -0.05) is 17.7 Å². The second-order valence-corrected chi connectivity index (χ2v) is 6.86. The van der Waals surface area contributed by atoms with Gasteiger partial charge in [-0.3, -0.25) is 9.69 Å². The quantitative estimate of drug-likeness (QED) is 0.795. The average Bonchev–Trinajstić information content (AvgIpc) is 3.22. The largest absolute Gasteiger partial charge is 0.373 e. The molecule has 1 aromatic heterocycles. The number of fused-ring (bicyclic) bond motifs is 1. The van der Waals surface area contributed by atoms with Crippen LogP contribution in [0.4, 0.5) is 0 Å². The molecule has 3 heterocycles. The number of halogens is 1. The molecule has 0 radical (unpaired) electrons. The Hall–Kier alpha value is -1.17. The van der Waals surface area contributed by atoms with E-state index in [0.717, 1.165) is 32.2 Å². The van der Waals surface area contributed by atoms with Crippen LogP contribution in [0.3, 0.4) is 0 Å². The van der Waals surface area contributed by atoms with Gasteiger partial charge in [0.25, 0.3) is 5.91 Å². The number of morpholine rings is 1. The first-order chi connectivity index (χ1) is 10.7. The molecule has 3 aliphatic rings. The molecule has 1 saturated carbocycles. The van der Waals surface area contributed by atoms with Crippen LogP contribution in [0.15, 0.2) is 18.2 Å². The Morgan fingerprint density at radius 3 is 3.00 bits per heavy atom. The van der Waals surface area contributed by atoms with Crippen molar-refractivity contribution in [3.63, 3.8) is 0 Å². The van der Waals surface area contributed by atoms with Gasteiger partial charge in [0.05, 0.1) is 18.8 Å². The molecule has 0 N–H and O–H groups in total. The molecule has 0 unspecified atom stereocenters. The zero-order chi connectivity index (χ0) is 15.1. The summed E-state index contributed by atoms with van der Waals surface area (Å²) in [6.45, 7) is 4.28. The van der Waals surface area contributed by atoms with E-state index >= 15 is 0 Å². The van der Waals surface area contributed by atoms with Gasteiger partial charge in [0, 0.05) is 26.2 Å². The molecule has 118 valence electrons. The van der Waals surface area contributed by atoms with Crippen molar-refractivity contribution in [2.45, 2.75) is 25.0 Å². The number of carbonyl (C=O) groups is 1. The zero-order valence-electron chi connectivity index (χ0n) is 12.4. The van der Waals surface area contributed by atoms with Crippen LogP contribution in [0.1, 0.15) is 23.3 Å². The minimum Gasteiger partial charge on any atom is -0.373 e. The molecule has 5 nitrogen and oxygen atoms in total. The molecule has 3 fully saturated rings. The van der Waals surface area contributed by atoms with Gasteiger partial charge >= 0.3 is 0 Å². The van der Waals surface area contributed by atoms with Crippen LogP contribution in [-0.4, -0.2) is 65.6 Å². The van der Waals surface area contributed by atoms with E-state index in [1.54, 1.807) is 18.2 Å². The molecular formula is C16H20ClN3O2. The lowest BCUT2D eigenvalue weighted by molar-refractivity contribution is -0.0484. The minimum atomic E-state index is -0.0492. The summed E-state index contributed by atoms with van der Waals surface area (Å²) in [5.41, 5.74) is 0.417. The van der Waals surface area contributed by atoms with Gasteiger partial charge < -0.3 is 9.64 Å². The molecule has 0 aromatic carbocycles. The highest BCUT2D eigenvalue weighted by molar-refractivity contribution is 6.29. The van der Waals surface area contributed by atoms with E-state index in [0.29, 0.717) is 23.4 Å². The van der Waals surface area contributed by atoms with Gasteiger partial charge in [0.15, 0.2) is 0 Å². The van der Waals surface area contributed by atoms with Crippen molar-refractivity contribution < 1.29 is 9.53 Å². The van der Waals surface area contributed by atoms with E-state index in [2.05, 4.69) is 9.88 Å². The normalized spacial score (nSPS) is 28.7. The van der Waals surface area contributed by atoms with Crippen LogP contribution in [0, 0.1) is 5.92 Å². The fourth-order valence-electron chi connectivity index (χ4n) is 3.47. The van der Waals surface area contributed by atoms with Crippen LogP contribution in [0.2, 0.25) is 5.15 Å². The fourth-order valence-corrected chi connectivity index (χ4v) is 3.64. The van der Waals surface area contributed by atoms with Crippen molar-refractivity contribution in [3.05, 3.63) is 29.0 Å². The second kappa shape index (κ2) is 5.80. The van der Waals surface area contributed by atoms with Crippen molar-refractivity contribution in [1.29, 1.82) is 0 Å². The molecule has 22 heavy (non-hydrogen) atoms. The standard InChI is InChI=1S/C16H20ClN3O2/c17-15-3-1-2-12(18-15)16(21)20-9-13-14(10-20)22-7-6-19(13)8-11-4-5-11/h1-3,11,13-14H,4-10H2/t13-,14+/m1/s1. The number of hydrogen-bond donors (Lipinski definition) is 0. The van der Waals surface area contributed by atoms with Gasteiger partial charge in [0.2, 0.25) is 0 Å². The van der Waals surface area contributed by atoms with Gasteiger partial charge in [-0.25, -0.2) is 4.98 Å². The Morgan fingerprint density at radius 1 is 1.36 bits per heavy atom. The maximum absolute atomic E-state index is 12.6. The first kappa shape index (κ1) is 14.4. The number of likely N-dealkylation sites (tertiary alicyclic amines) is 1. The summed E-state index contributed by atoms with van der Waals surface area (Å²) in [5, 5.41) is 0.356. The monoisotopic (exact) mass is 321 g/mol. The Balaban J connectivity index is 1.47. The highest BCUT2D eigenvalue weighted by Crippen LogP contribution is 2.33.